The number of rotatable bonds is 7. The number of thioether (sulfide) groups is 1. The first-order valence-electron chi connectivity index (χ1n) is 9.67. The van der Waals surface area contributed by atoms with Crippen molar-refractivity contribution in [3.05, 3.63) is 11.6 Å². The summed E-state index contributed by atoms with van der Waals surface area (Å²) in [5, 5.41) is 18.7. The van der Waals surface area contributed by atoms with Crippen LogP contribution in [0.1, 0.15) is 49.7 Å². The first-order valence-corrected chi connectivity index (χ1v) is 11.1. The van der Waals surface area contributed by atoms with Crippen LogP contribution in [-0.2, 0) is 13.6 Å². The molecule has 0 saturated carbocycles. The van der Waals surface area contributed by atoms with Crippen LogP contribution in [-0.4, -0.2) is 80.5 Å². The van der Waals surface area contributed by atoms with Crippen molar-refractivity contribution in [1.82, 2.24) is 24.6 Å². The zero-order chi connectivity index (χ0) is 17.6. The molecule has 142 valence electrons. The highest BCUT2D eigenvalue weighted by molar-refractivity contribution is 7.98. The van der Waals surface area contributed by atoms with Gasteiger partial charge in [-0.2, -0.15) is 11.8 Å². The van der Waals surface area contributed by atoms with E-state index in [0.717, 1.165) is 50.7 Å². The fourth-order valence-corrected chi connectivity index (χ4v) is 4.47. The van der Waals surface area contributed by atoms with E-state index in [0.29, 0.717) is 5.92 Å². The van der Waals surface area contributed by atoms with Crippen molar-refractivity contribution in [1.29, 1.82) is 0 Å². The van der Waals surface area contributed by atoms with Crippen molar-refractivity contribution in [3.63, 3.8) is 0 Å². The minimum Gasteiger partial charge on any atom is -0.393 e. The lowest BCUT2D eigenvalue weighted by Gasteiger charge is -2.32. The first-order chi connectivity index (χ1) is 12.2. The molecule has 1 atom stereocenters. The highest BCUT2D eigenvalue weighted by Gasteiger charge is 2.26. The Balaban J connectivity index is 1.56. The second kappa shape index (κ2) is 9.35. The maximum absolute atomic E-state index is 9.66. The van der Waals surface area contributed by atoms with Crippen LogP contribution in [0.4, 0.5) is 0 Å². The topological polar surface area (TPSA) is 57.4 Å². The molecule has 1 aromatic rings. The van der Waals surface area contributed by atoms with E-state index in [1.54, 1.807) is 0 Å². The molecule has 0 amide bonds. The number of likely N-dealkylation sites (tertiary alicyclic amines) is 2. The Morgan fingerprint density at radius 3 is 2.68 bits per heavy atom. The zero-order valence-corrected chi connectivity index (χ0v) is 16.5. The van der Waals surface area contributed by atoms with Gasteiger partial charge < -0.3 is 14.6 Å². The molecule has 6 nitrogen and oxygen atoms in total. The molecule has 1 unspecified atom stereocenters. The lowest BCUT2D eigenvalue weighted by Crippen LogP contribution is -2.37. The average Bonchev–Trinajstić information content (AvgIpc) is 2.98. The molecule has 2 aliphatic rings. The van der Waals surface area contributed by atoms with Crippen molar-refractivity contribution in [2.45, 2.75) is 50.7 Å². The Labute approximate surface area is 156 Å². The summed E-state index contributed by atoms with van der Waals surface area (Å²) in [5.41, 5.74) is 0. The fourth-order valence-electron chi connectivity index (χ4n) is 4.05. The zero-order valence-electron chi connectivity index (χ0n) is 15.7. The molecule has 3 heterocycles. The molecule has 2 aliphatic heterocycles. The summed E-state index contributed by atoms with van der Waals surface area (Å²) >= 11 is 1.94. The summed E-state index contributed by atoms with van der Waals surface area (Å²) in [6, 6.07) is 0. The molecular weight excluding hydrogens is 334 g/mol. The van der Waals surface area contributed by atoms with E-state index in [4.69, 9.17) is 0 Å². The first kappa shape index (κ1) is 19.1. The van der Waals surface area contributed by atoms with Crippen LogP contribution in [0, 0.1) is 0 Å². The molecule has 0 aromatic carbocycles. The highest BCUT2D eigenvalue weighted by atomic mass is 32.2. The van der Waals surface area contributed by atoms with Crippen LogP contribution in [0.5, 0.6) is 0 Å². The van der Waals surface area contributed by atoms with Gasteiger partial charge in [-0.3, -0.25) is 4.90 Å². The van der Waals surface area contributed by atoms with Crippen LogP contribution >= 0.6 is 11.8 Å². The molecule has 0 spiro atoms. The van der Waals surface area contributed by atoms with Crippen molar-refractivity contribution in [2.24, 2.45) is 7.05 Å². The molecular formula is C18H33N5OS. The van der Waals surface area contributed by atoms with Gasteiger partial charge in [0.2, 0.25) is 0 Å². The number of nitrogens with zero attached hydrogens (tertiary/aromatic N) is 5. The Morgan fingerprint density at radius 1 is 1.12 bits per heavy atom. The summed E-state index contributed by atoms with van der Waals surface area (Å²) in [6.45, 7) is 6.31. The third-order valence-electron chi connectivity index (χ3n) is 5.61. The van der Waals surface area contributed by atoms with E-state index in [1.165, 1.54) is 38.1 Å². The maximum Gasteiger partial charge on any atom is 0.146 e. The van der Waals surface area contributed by atoms with E-state index >= 15 is 0 Å². The molecule has 1 N–H and O–H groups in total. The van der Waals surface area contributed by atoms with Crippen LogP contribution in [0.25, 0.3) is 0 Å². The van der Waals surface area contributed by atoms with Gasteiger partial charge in [-0.05, 0) is 57.2 Å². The van der Waals surface area contributed by atoms with E-state index in [-0.39, 0.29) is 6.10 Å². The van der Waals surface area contributed by atoms with Crippen molar-refractivity contribution in [2.75, 3.05) is 44.7 Å². The minimum atomic E-state index is -0.120. The minimum absolute atomic E-state index is 0.120. The summed E-state index contributed by atoms with van der Waals surface area (Å²) in [5.74, 6) is 3.98. The van der Waals surface area contributed by atoms with Gasteiger partial charge in [0, 0.05) is 32.6 Å². The molecule has 3 rings (SSSR count). The molecule has 0 aliphatic carbocycles. The third kappa shape index (κ3) is 5.18. The maximum atomic E-state index is 9.66. The van der Waals surface area contributed by atoms with Crippen LogP contribution in [0.3, 0.4) is 0 Å². The van der Waals surface area contributed by atoms with Gasteiger partial charge in [0.15, 0.2) is 0 Å². The highest BCUT2D eigenvalue weighted by Crippen LogP contribution is 2.26. The van der Waals surface area contributed by atoms with Gasteiger partial charge in [0.1, 0.15) is 11.6 Å². The standard InChI is InChI=1S/C18H33N5OS/c1-21-17(14-23-10-6-16(24)7-11-23)19-20-18(21)15-5-3-8-22(13-15)9-4-12-25-2/h15-16,24H,3-14H2,1-2H3. The number of piperidine rings is 2. The third-order valence-corrected chi connectivity index (χ3v) is 6.31. The largest absolute Gasteiger partial charge is 0.393 e. The van der Waals surface area contributed by atoms with Gasteiger partial charge in [-0.15, -0.1) is 10.2 Å². The van der Waals surface area contributed by atoms with Gasteiger partial charge in [0.05, 0.1) is 12.6 Å². The molecule has 2 fully saturated rings. The van der Waals surface area contributed by atoms with Gasteiger partial charge >= 0.3 is 0 Å². The van der Waals surface area contributed by atoms with E-state index in [2.05, 4.69) is 37.9 Å². The summed E-state index contributed by atoms with van der Waals surface area (Å²) in [4.78, 5) is 4.99. The van der Waals surface area contributed by atoms with E-state index in [9.17, 15) is 5.11 Å². The number of hydrogen-bond acceptors (Lipinski definition) is 6. The monoisotopic (exact) mass is 367 g/mol. The summed E-state index contributed by atoms with van der Waals surface area (Å²) in [7, 11) is 2.12. The molecule has 25 heavy (non-hydrogen) atoms. The second-order valence-electron chi connectivity index (χ2n) is 7.53. The van der Waals surface area contributed by atoms with Crippen LogP contribution in [0.15, 0.2) is 0 Å². The Kier molecular flexibility index (Phi) is 7.16. The lowest BCUT2D eigenvalue weighted by atomic mass is 9.97. The van der Waals surface area contributed by atoms with Crippen LogP contribution in [0.2, 0.25) is 0 Å². The normalized spacial score (nSPS) is 24.0. The molecule has 0 radical (unpaired) electrons. The van der Waals surface area contributed by atoms with Gasteiger partial charge in [-0.25, -0.2) is 0 Å². The van der Waals surface area contributed by atoms with Crippen LogP contribution < -0.4 is 0 Å². The Bertz CT molecular complexity index is 530. The lowest BCUT2D eigenvalue weighted by molar-refractivity contribution is 0.0775. The number of hydrogen-bond donors (Lipinski definition) is 1. The number of aliphatic hydroxyl groups excluding tert-OH is 1. The molecule has 2 saturated heterocycles. The average molecular weight is 368 g/mol. The quantitative estimate of drug-likeness (QED) is 0.741. The van der Waals surface area contributed by atoms with Crippen molar-refractivity contribution >= 4 is 11.8 Å². The molecule has 0 bridgehead atoms. The molecule has 1 aromatic heterocycles. The Hall–Kier alpha value is -0.630. The number of aromatic nitrogens is 3. The van der Waals surface area contributed by atoms with Gasteiger partial charge in [-0.1, -0.05) is 0 Å². The molecule has 7 heteroatoms. The second-order valence-corrected chi connectivity index (χ2v) is 8.51. The number of aliphatic hydroxyl groups is 1. The van der Waals surface area contributed by atoms with E-state index in [1.807, 2.05) is 11.8 Å². The summed E-state index contributed by atoms with van der Waals surface area (Å²) in [6.07, 6.45) is 7.57. The smallest absolute Gasteiger partial charge is 0.146 e. The predicted molar refractivity (Wildman–Crippen MR) is 103 cm³/mol. The van der Waals surface area contributed by atoms with Gasteiger partial charge in [0.25, 0.3) is 0 Å². The van der Waals surface area contributed by atoms with Crippen molar-refractivity contribution < 1.29 is 5.11 Å². The predicted octanol–water partition coefficient (Wildman–Crippen LogP) is 1.70. The van der Waals surface area contributed by atoms with E-state index < -0.39 is 0 Å². The fraction of sp³-hybridized carbons (Fsp3) is 0.889. The SMILES string of the molecule is CSCCCN1CCCC(c2nnc(CN3CCC(O)CC3)n2C)C1. The summed E-state index contributed by atoms with van der Waals surface area (Å²) < 4.78 is 2.22. The Morgan fingerprint density at radius 2 is 1.92 bits per heavy atom. The van der Waals surface area contributed by atoms with Crippen molar-refractivity contribution in [3.8, 4) is 0 Å².